The molecule has 0 spiro atoms. The van der Waals surface area contributed by atoms with Crippen molar-refractivity contribution in [2.45, 2.75) is 24.5 Å². The number of hydrogen-bond donors (Lipinski definition) is 5. The van der Waals surface area contributed by atoms with Crippen LogP contribution >= 0.6 is 0 Å². The maximum Gasteiger partial charge on any atom is 0.238 e. The first-order valence-corrected chi connectivity index (χ1v) is 11.5. The molecule has 2 saturated carbocycles. The van der Waals surface area contributed by atoms with Crippen LogP contribution in [0.4, 0.5) is 5.69 Å². The molecular weight excluding hydrogens is 472 g/mol. The Morgan fingerprint density at radius 1 is 1.17 bits per heavy atom. The number of likely N-dealkylation sites (N-methyl/N-ethyl adjacent to an activating group) is 2. The quantitative estimate of drug-likeness (QED) is 0.223. The van der Waals surface area contributed by atoms with Gasteiger partial charge >= 0.3 is 0 Å². The summed E-state index contributed by atoms with van der Waals surface area (Å²) in [5.74, 6) is -11.6. The average Bonchev–Trinajstić information content (AvgIpc) is 2.78. The van der Waals surface area contributed by atoms with Crippen molar-refractivity contribution in [3.8, 4) is 5.75 Å². The molecule has 0 saturated heterocycles. The molecule has 0 aliphatic heterocycles. The third-order valence-corrected chi connectivity index (χ3v) is 7.55. The second kappa shape index (κ2) is 8.87. The molecule has 0 aromatic heterocycles. The van der Waals surface area contributed by atoms with Crippen LogP contribution in [0.3, 0.4) is 0 Å². The van der Waals surface area contributed by atoms with Gasteiger partial charge in [-0.2, -0.15) is 0 Å². The average molecular weight is 501 g/mol. The standard InChI is InChI=1S/C24H28N4O8/c1-26-8-13(29)27-12-5-4-9-6-10-7-11-17(28(2)3)20(32)16(23(25)35)22(34)24(11,36)21(33)15(10)19(31)14(9)18(12)30/h4-5,10-11,15-17,26,30,36H,6-8H2,1-3H3,(H2,25,35)(H,27,29)/t10?,11?,15?,16?,17-,24-/m0/s1. The summed E-state index contributed by atoms with van der Waals surface area (Å²) in [6.07, 6.45) is 0.134. The number of carbonyl (C=O) groups is 6. The number of aromatic hydroxyl groups is 1. The van der Waals surface area contributed by atoms with Gasteiger partial charge in [-0.25, -0.2) is 0 Å². The molecule has 0 radical (unpaired) electrons. The van der Waals surface area contributed by atoms with E-state index in [1.165, 1.54) is 25.1 Å². The van der Waals surface area contributed by atoms with Gasteiger partial charge in [0, 0.05) is 5.92 Å². The molecule has 6 atom stereocenters. The summed E-state index contributed by atoms with van der Waals surface area (Å²) in [5, 5.41) is 27.5. The van der Waals surface area contributed by atoms with E-state index in [0.29, 0.717) is 5.56 Å². The number of nitrogens with one attached hydrogen (secondary N) is 2. The summed E-state index contributed by atoms with van der Waals surface area (Å²) < 4.78 is 0. The first-order chi connectivity index (χ1) is 16.9. The molecule has 1 aromatic carbocycles. The third kappa shape index (κ3) is 3.55. The Morgan fingerprint density at radius 3 is 2.42 bits per heavy atom. The van der Waals surface area contributed by atoms with Crippen molar-refractivity contribution >= 4 is 40.6 Å². The van der Waals surface area contributed by atoms with Gasteiger partial charge in [-0.3, -0.25) is 33.7 Å². The lowest BCUT2D eigenvalue weighted by molar-refractivity contribution is -0.181. The number of nitrogens with zero attached hydrogens (tertiary/aromatic N) is 1. The Morgan fingerprint density at radius 2 is 1.83 bits per heavy atom. The molecule has 2 fully saturated rings. The number of carbonyl (C=O) groups excluding carboxylic acids is 6. The number of ketones is 4. The molecule has 6 N–H and O–H groups in total. The number of Topliss-reactive ketones (excluding diaryl/α,β-unsaturated/α-hetero) is 4. The molecule has 3 aliphatic rings. The lowest BCUT2D eigenvalue weighted by atomic mass is 9.52. The maximum absolute atomic E-state index is 13.7. The van der Waals surface area contributed by atoms with Gasteiger partial charge in [-0.15, -0.1) is 0 Å². The minimum absolute atomic E-state index is 0.0225. The van der Waals surface area contributed by atoms with Crippen molar-refractivity contribution in [1.29, 1.82) is 0 Å². The number of fused-ring (bicyclic) bond motifs is 3. The van der Waals surface area contributed by atoms with E-state index in [1.54, 1.807) is 13.1 Å². The van der Waals surface area contributed by atoms with Gasteiger partial charge in [0.1, 0.15) is 5.75 Å². The molecule has 1 aromatic rings. The van der Waals surface area contributed by atoms with E-state index in [2.05, 4.69) is 10.6 Å². The van der Waals surface area contributed by atoms with Crippen LogP contribution in [0, 0.1) is 23.7 Å². The van der Waals surface area contributed by atoms with Gasteiger partial charge in [0.2, 0.25) is 11.8 Å². The molecule has 3 aliphatic carbocycles. The van der Waals surface area contributed by atoms with Crippen LogP contribution in [-0.4, -0.2) is 89.4 Å². The highest BCUT2D eigenvalue weighted by Gasteiger charge is 2.69. The number of nitrogens with two attached hydrogens (primary N) is 1. The zero-order chi connectivity index (χ0) is 26.7. The van der Waals surface area contributed by atoms with E-state index in [4.69, 9.17) is 5.73 Å². The van der Waals surface area contributed by atoms with Gasteiger partial charge in [-0.05, 0) is 51.5 Å². The first-order valence-electron chi connectivity index (χ1n) is 11.5. The smallest absolute Gasteiger partial charge is 0.238 e. The predicted octanol–water partition coefficient (Wildman–Crippen LogP) is -1.98. The van der Waals surface area contributed by atoms with Gasteiger partial charge < -0.3 is 26.6 Å². The Hall–Kier alpha value is -3.48. The molecule has 0 bridgehead atoms. The number of aliphatic hydroxyl groups is 1. The zero-order valence-corrected chi connectivity index (χ0v) is 20.0. The summed E-state index contributed by atoms with van der Waals surface area (Å²) in [6.45, 7) is -0.0447. The van der Waals surface area contributed by atoms with Gasteiger partial charge in [0.25, 0.3) is 0 Å². The Kier molecular flexibility index (Phi) is 6.31. The number of phenols is 1. The van der Waals surface area contributed by atoms with Crippen LogP contribution in [0.15, 0.2) is 12.1 Å². The van der Waals surface area contributed by atoms with Crippen molar-refractivity contribution in [3.63, 3.8) is 0 Å². The van der Waals surface area contributed by atoms with Crippen LogP contribution in [0.1, 0.15) is 22.3 Å². The monoisotopic (exact) mass is 500 g/mol. The van der Waals surface area contributed by atoms with E-state index in [1.807, 2.05) is 0 Å². The Balaban J connectivity index is 1.79. The molecular formula is C24H28N4O8. The predicted molar refractivity (Wildman–Crippen MR) is 124 cm³/mol. The van der Waals surface area contributed by atoms with Gasteiger partial charge in [-0.1, -0.05) is 6.07 Å². The number of hydrogen-bond acceptors (Lipinski definition) is 10. The van der Waals surface area contributed by atoms with Crippen LogP contribution in [0.5, 0.6) is 5.75 Å². The van der Waals surface area contributed by atoms with E-state index < -0.39 is 76.0 Å². The van der Waals surface area contributed by atoms with Crippen LogP contribution in [0.25, 0.3) is 0 Å². The lowest BCUT2D eigenvalue weighted by Crippen LogP contribution is -2.74. The molecule has 192 valence electrons. The largest absolute Gasteiger partial charge is 0.505 e. The minimum Gasteiger partial charge on any atom is -0.505 e. The molecule has 0 heterocycles. The summed E-state index contributed by atoms with van der Waals surface area (Å²) in [7, 11) is 4.61. The number of anilines is 1. The second-order valence-electron chi connectivity index (χ2n) is 9.86. The topological polar surface area (TPSA) is 196 Å². The summed E-state index contributed by atoms with van der Waals surface area (Å²) in [4.78, 5) is 78.9. The molecule has 2 amide bonds. The maximum atomic E-state index is 13.7. The number of benzene rings is 1. The van der Waals surface area contributed by atoms with Crippen molar-refractivity contribution in [2.24, 2.45) is 29.4 Å². The van der Waals surface area contributed by atoms with Crippen LogP contribution in [0.2, 0.25) is 0 Å². The summed E-state index contributed by atoms with van der Waals surface area (Å²) in [5.41, 5.74) is 2.76. The SMILES string of the molecule is CNCC(=O)Nc1ccc2c(c1O)C(=O)C1C(=O)[C@]3(O)C(=O)C(C(N)=O)C(=O)[C@@H](N(C)C)C3CC1C2. The fraction of sp³-hybridized carbons (Fsp3) is 0.500. The van der Waals surface area contributed by atoms with Crippen LogP contribution < -0.4 is 16.4 Å². The zero-order valence-electron chi connectivity index (χ0n) is 20.0. The molecule has 4 rings (SSSR count). The highest BCUT2D eigenvalue weighted by atomic mass is 16.3. The summed E-state index contributed by atoms with van der Waals surface area (Å²) >= 11 is 0. The number of phenolic OH excluding ortho intramolecular Hbond substituents is 1. The summed E-state index contributed by atoms with van der Waals surface area (Å²) in [6, 6.07) is 1.86. The van der Waals surface area contributed by atoms with Crippen molar-refractivity contribution in [2.75, 3.05) is 33.0 Å². The molecule has 12 nitrogen and oxygen atoms in total. The van der Waals surface area contributed by atoms with E-state index in [0.717, 1.165) is 0 Å². The second-order valence-corrected chi connectivity index (χ2v) is 9.86. The van der Waals surface area contributed by atoms with Crippen molar-refractivity contribution in [3.05, 3.63) is 23.3 Å². The van der Waals surface area contributed by atoms with E-state index >= 15 is 0 Å². The highest BCUT2D eigenvalue weighted by Crippen LogP contribution is 2.51. The highest BCUT2D eigenvalue weighted by molar-refractivity contribution is 6.32. The Labute approximate surface area is 206 Å². The number of amides is 2. The van der Waals surface area contributed by atoms with E-state index in [9.17, 15) is 39.0 Å². The third-order valence-electron chi connectivity index (χ3n) is 7.55. The molecule has 12 heteroatoms. The number of rotatable bonds is 5. The Bertz CT molecular complexity index is 1210. The van der Waals surface area contributed by atoms with Crippen molar-refractivity contribution < 1.29 is 39.0 Å². The fourth-order valence-electron chi connectivity index (χ4n) is 6.04. The van der Waals surface area contributed by atoms with E-state index in [-0.39, 0.29) is 30.6 Å². The van der Waals surface area contributed by atoms with Gasteiger partial charge in [0.15, 0.2) is 34.7 Å². The van der Waals surface area contributed by atoms with Crippen LogP contribution in [-0.2, 0) is 30.4 Å². The van der Waals surface area contributed by atoms with Gasteiger partial charge in [0.05, 0.1) is 29.8 Å². The normalized spacial score (nSPS) is 31.5. The van der Waals surface area contributed by atoms with Crippen molar-refractivity contribution in [1.82, 2.24) is 10.2 Å². The fourth-order valence-corrected chi connectivity index (χ4v) is 6.04. The first kappa shape index (κ1) is 25.6. The number of primary amides is 1. The minimum atomic E-state index is -2.77. The molecule has 4 unspecified atom stereocenters. The molecule has 36 heavy (non-hydrogen) atoms. The lowest BCUT2D eigenvalue weighted by Gasteiger charge is -2.52.